The van der Waals surface area contributed by atoms with E-state index in [2.05, 4.69) is 20.8 Å². The Balaban J connectivity index is 1.52. The number of halogens is 1. The van der Waals surface area contributed by atoms with E-state index in [1.165, 1.54) is 0 Å². The SMILES string of the molecule is Cc1noc(Cl)c1CCC(=O)NC(C)c1ccc(NC(=O)c2ccncc2)cc1. The highest BCUT2D eigenvalue weighted by molar-refractivity contribution is 6.29. The van der Waals surface area contributed by atoms with Crippen LogP contribution in [0.2, 0.25) is 5.22 Å². The lowest BCUT2D eigenvalue weighted by molar-refractivity contribution is -0.121. The molecule has 2 aromatic heterocycles. The van der Waals surface area contributed by atoms with E-state index in [9.17, 15) is 9.59 Å². The minimum Gasteiger partial charge on any atom is -0.350 e. The van der Waals surface area contributed by atoms with Crippen LogP contribution in [-0.2, 0) is 11.2 Å². The summed E-state index contributed by atoms with van der Waals surface area (Å²) in [6.45, 7) is 3.69. The fraction of sp³-hybridized carbons (Fsp3) is 0.238. The van der Waals surface area contributed by atoms with Gasteiger partial charge in [-0.3, -0.25) is 14.6 Å². The first-order valence-electron chi connectivity index (χ1n) is 9.15. The summed E-state index contributed by atoms with van der Waals surface area (Å²) in [5.74, 6) is -0.298. The van der Waals surface area contributed by atoms with Crippen molar-refractivity contribution in [3.05, 3.63) is 76.4 Å². The quantitative estimate of drug-likeness (QED) is 0.609. The molecule has 1 atom stereocenters. The topological polar surface area (TPSA) is 97.1 Å². The number of hydrogen-bond acceptors (Lipinski definition) is 5. The van der Waals surface area contributed by atoms with Crippen LogP contribution in [0.5, 0.6) is 0 Å². The van der Waals surface area contributed by atoms with E-state index < -0.39 is 0 Å². The van der Waals surface area contributed by atoms with Gasteiger partial charge < -0.3 is 15.2 Å². The van der Waals surface area contributed by atoms with Gasteiger partial charge in [-0.25, -0.2) is 0 Å². The van der Waals surface area contributed by atoms with Crippen LogP contribution in [0.1, 0.15) is 46.6 Å². The van der Waals surface area contributed by atoms with Crippen LogP contribution in [0, 0.1) is 6.92 Å². The van der Waals surface area contributed by atoms with Gasteiger partial charge in [0.05, 0.1) is 11.7 Å². The third-order valence-electron chi connectivity index (χ3n) is 4.53. The monoisotopic (exact) mass is 412 g/mol. The van der Waals surface area contributed by atoms with Gasteiger partial charge in [-0.1, -0.05) is 17.3 Å². The van der Waals surface area contributed by atoms with Gasteiger partial charge in [-0.15, -0.1) is 0 Å². The highest BCUT2D eigenvalue weighted by Crippen LogP contribution is 2.21. The van der Waals surface area contributed by atoms with E-state index in [0.29, 0.717) is 23.4 Å². The average Bonchev–Trinajstić information content (AvgIpc) is 3.05. The van der Waals surface area contributed by atoms with Crippen LogP contribution in [0.4, 0.5) is 5.69 Å². The maximum Gasteiger partial charge on any atom is 0.255 e. The molecule has 2 N–H and O–H groups in total. The van der Waals surface area contributed by atoms with Gasteiger partial charge in [0.1, 0.15) is 0 Å². The number of pyridine rings is 1. The third-order valence-corrected chi connectivity index (χ3v) is 4.82. The van der Waals surface area contributed by atoms with E-state index >= 15 is 0 Å². The predicted molar refractivity (Wildman–Crippen MR) is 110 cm³/mol. The number of nitrogens with one attached hydrogen (secondary N) is 2. The maximum atomic E-state index is 12.2. The molecule has 0 saturated carbocycles. The Hall–Kier alpha value is -3.19. The largest absolute Gasteiger partial charge is 0.350 e. The van der Waals surface area contributed by atoms with Crippen LogP contribution in [0.15, 0.2) is 53.3 Å². The molecule has 0 aliphatic heterocycles. The summed E-state index contributed by atoms with van der Waals surface area (Å²) in [4.78, 5) is 28.3. The summed E-state index contributed by atoms with van der Waals surface area (Å²) in [5.41, 5.74) is 3.59. The molecular weight excluding hydrogens is 392 g/mol. The van der Waals surface area contributed by atoms with E-state index in [4.69, 9.17) is 16.1 Å². The van der Waals surface area contributed by atoms with Gasteiger partial charge in [-0.2, -0.15) is 0 Å². The standard InChI is InChI=1S/C21H21ClN4O3/c1-13(24-19(27)8-7-18-14(2)26-29-20(18)22)15-3-5-17(6-4-15)25-21(28)16-9-11-23-12-10-16/h3-6,9-13H,7-8H2,1-2H3,(H,24,27)(H,25,28). The Morgan fingerprint density at radius 3 is 2.45 bits per heavy atom. The lowest BCUT2D eigenvalue weighted by Gasteiger charge is -2.15. The van der Waals surface area contributed by atoms with Crippen LogP contribution in [-0.4, -0.2) is 22.0 Å². The van der Waals surface area contributed by atoms with E-state index in [-0.39, 0.29) is 29.5 Å². The van der Waals surface area contributed by atoms with Crippen molar-refractivity contribution in [1.82, 2.24) is 15.5 Å². The molecule has 0 saturated heterocycles. The minimum absolute atomic E-state index is 0.0933. The summed E-state index contributed by atoms with van der Waals surface area (Å²) in [5, 5.41) is 9.79. The fourth-order valence-electron chi connectivity index (χ4n) is 2.84. The lowest BCUT2D eigenvalue weighted by Crippen LogP contribution is -2.26. The molecule has 1 unspecified atom stereocenters. The number of hydrogen-bond donors (Lipinski definition) is 2. The summed E-state index contributed by atoms with van der Waals surface area (Å²) < 4.78 is 4.90. The number of aromatic nitrogens is 2. The number of anilines is 1. The van der Waals surface area contributed by atoms with Gasteiger partial charge >= 0.3 is 0 Å². The number of benzene rings is 1. The fourth-order valence-corrected chi connectivity index (χ4v) is 3.10. The van der Waals surface area contributed by atoms with E-state index in [1.807, 2.05) is 19.1 Å². The number of carbonyl (C=O) groups is 2. The summed E-state index contributed by atoms with van der Waals surface area (Å²) >= 11 is 5.93. The second-order valence-electron chi connectivity index (χ2n) is 6.62. The second-order valence-corrected chi connectivity index (χ2v) is 6.96. The first-order chi connectivity index (χ1) is 13.9. The van der Waals surface area contributed by atoms with Crippen molar-refractivity contribution in [3.63, 3.8) is 0 Å². The van der Waals surface area contributed by atoms with Crippen molar-refractivity contribution in [3.8, 4) is 0 Å². The lowest BCUT2D eigenvalue weighted by atomic mass is 10.1. The van der Waals surface area contributed by atoms with Gasteiger partial charge in [0.2, 0.25) is 11.1 Å². The van der Waals surface area contributed by atoms with Gasteiger partial charge in [0.25, 0.3) is 5.91 Å². The predicted octanol–water partition coefficient (Wildman–Crippen LogP) is 4.09. The first-order valence-corrected chi connectivity index (χ1v) is 9.53. The molecule has 0 bridgehead atoms. The van der Waals surface area contributed by atoms with Gasteiger partial charge in [-0.05, 0) is 61.7 Å². The Bertz CT molecular complexity index is 967. The molecule has 0 spiro atoms. The Morgan fingerprint density at radius 2 is 1.83 bits per heavy atom. The summed E-state index contributed by atoms with van der Waals surface area (Å²) in [6.07, 6.45) is 3.89. The third kappa shape index (κ3) is 5.42. The van der Waals surface area contributed by atoms with Crippen molar-refractivity contribution in [1.29, 1.82) is 0 Å². The van der Waals surface area contributed by atoms with Crippen molar-refractivity contribution in [2.75, 3.05) is 5.32 Å². The van der Waals surface area contributed by atoms with Crippen LogP contribution in [0.25, 0.3) is 0 Å². The highest BCUT2D eigenvalue weighted by atomic mass is 35.5. The zero-order chi connectivity index (χ0) is 20.8. The van der Waals surface area contributed by atoms with Crippen molar-refractivity contribution >= 4 is 29.1 Å². The molecule has 3 rings (SSSR count). The molecule has 0 fully saturated rings. The number of nitrogens with zero attached hydrogens (tertiary/aromatic N) is 2. The molecule has 1 aromatic carbocycles. The molecule has 0 aliphatic rings. The molecule has 29 heavy (non-hydrogen) atoms. The van der Waals surface area contributed by atoms with E-state index in [1.54, 1.807) is 43.6 Å². The molecule has 0 radical (unpaired) electrons. The molecule has 3 aromatic rings. The summed E-state index contributed by atoms with van der Waals surface area (Å²) in [7, 11) is 0. The number of aryl methyl sites for hydroxylation is 1. The minimum atomic E-state index is -0.204. The molecular formula is C21H21ClN4O3. The van der Waals surface area contributed by atoms with Gasteiger partial charge in [0.15, 0.2) is 0 Å². The zero-order valence-corrected chi connectivity index (χ0v) is 16.9. The van der Waals surface area contributed by atoms with Crippen LogP contribution in [0.3, 0.4) is 0 Å². The Labute approximate surface area is 173 Å². The molecule has 0 aliphatic carbocycles. The van der Waals surface area contributed by atoms with Crippen molar-refractivity contribution in [2.24, 2.45) is 0 Å². The normalized spacial score (nSPS) is 11.7. The molecule has 150 valence electrons. The number of amides is 2. The number of carbonyl (C=O) groups excluding carboxylic acids is 2. The van der Waals surface area contributed by atoms with Crippen molar-refractivity contribution < 1.29 is 14.1 Å². The second kappa shape index (κ2) is 9.34. The van der Waals surface area contributed by atoms with Crippen LogP contribution < -0.4 is 10.6 Å². The molecule has 2 heterocycles. The number of rotatable bonds is 7. The maximum absolute atomic E-state index is 12.2. The van der Waals surface area contributed by atoms with Crippen molar-refractivity contribution in [2.45, 2.75) is 32.7 Å². The Kier molecular flexibility index (Phi) is 6.61. The molecule has 2 amide bonds. The first kappa shape index (κ1) is 20.5. The highest BCUT2D eigenvalue weighted by Gasteiger charge is 2.15. The average molecular weight is 413 g/mol. The van der Waals surface area contributed by atoms with Gasteiger partial charge in [0, 0.05) is 35.6 Å². The molecule has 8 heteroatoms. The van der Waals surface area contributed by atoms with Crippen LogP contribution >= 0.6 is 11.6 Å². The summed E-state index contributed by atoms with van der Waals surface area (Å²) in [6, 6.07) is 10.5. The smallest absolute Gasteiger partial charge is 0.255 e. The zero-order valence-electron chi connectivity index (χ0n) is 16.1. The van der Waals surface area contributed by atoms with E-state index in [0.717, 1.165) is 11.1 Å². The molecule has 7 nitrogen and oxygen atoms in total. The Morgan fingerprint density at radius 1 is 1.14 bits per heavy atom.